The Morgan fingerprint density at radius 1 is 1.11 bits per heavy atom. The number of benzene rings is 3. The highest BCUT2D eigenvalue weighted by molar-refractivity contribution is 9.10. The number of carbonyl (C=O) groups excluding carboxylic acids is 2. The highest BCUT2D eigenvalue weighted by atomic mass is 79.9. The SMILES string of the molecule is CSc1ccc(NC(=O)O[C@@H](c2cc(Br)ccc2O)C(C)(C)CC/C=C/C(=O)Nc2ccccc2N)cc1. The van der Waals surface area contributed by atoms with Crippen LogP contribution in [0.25, 0.3) is 0 Å². The molecule has 0 fully saturated rings. The predicted molar refractivity (Wildman–Crippen MR) is 159 cm³/mol. The van der Waals surface area contributed by atoms with Crippen LogP contribution in [0, 0.1) is 5.41 Å². The van der Waals surface area contributed by atoms with Gasteiger partial charge in [-0.1, -0.05) is 48.0 Å². The van der Waals surface area contributed by atoms with Crippen molar-refractivity contribution in [1.29, 1.82) is 0 Å². The number of nitrogens with one attached hydrogen (secondary N) is 2. The second kappa shape index (κ2) is 13.4. The summed E-state index contributed by atoms with van der Waals surface area (Å²) in [5.41, 5.74) is 7.42. The van der Waals surface area contributed by atoms with E-state index in [-0.39, 0.29) is 11.7 Å². The minimum absolute atomic E-state index is 0.0266. The molecule has 0 aliphatic carbocycles. The number of amides is 2. The third kappa shape index (κ3) is 8.29. The Morgan fingerprint density at radius 2 is 1.82 bits per heavy atom. The molecule has 0 bridgehead atoms. The molecule has 0 spiro atoms. The molecule has 7 nitrogen and oxygen atoms in total. The number of para-hydroxylation sites is 2. The number of hydrogen-bond donors (Lipinski definition) is 4. The first-order chi connectivity index (χ1) is 18.1. The van der Waals surface area contributed by atoms with Crippen molar-refractivity contribution in [2.45, 2.75) is 37.7 Å². The van der Waals surface area contributed by atoms with Gasteiger partial charge in [-0.15, -0.1) is 11.8 Å². The van der Waals surface area contributed by atoms with E-state index in [9.17, 15) is 14.7 Å². The molecule has 9 heteroatoms. The zero-order valence-electron chi connectivity index (χ0n) is 21.5. The van der Waals surface area contributed by atoms with Crippen LogP contribution in [-0.4, -0.2) is 23.4 Å². The first-order valence-corrected chi connectivity index (χ1v) is 14.0. The Balaban J connectivity index is 1.71. The highest BCUT2D eigenvalue weighted by Gasteiger charge is 2.35. The molecule has 0 aliphatic rings. The quantitative estimate of drug-likeness (QED) is 0.108. The summed E-state index contributed by atoms with van der Waals surface area (Å²) in [5.74, 6) is -0.260. The van der Waals surface area contributed by atoms with Gasteiger partial charge in [-0.05, 0) is 79.8 Å². The fourth-order valence-electron chi connectivity index (χ4n) is 3.87. The topological polar surface area (TPSA) is 114 Å². The molecule has 3 aromatic carbocycles. The van der Waals surface area contributed by atoms with E-state index < -0.39 is 17.6 Å². The number of nitrogens with two attached hydrogens (primary N) is 1. The maximum atomic E-state index is 12.9. The van der Waals surface area contributed by atoms with Gasteiger partial charge in [0.15, 0.2) is 0 Å². The van der Waals surface area contributed by atoms with Crippen molar-refractivity contribution in [3.05, 3.63) is 88.9 Å². The molecular weight excluding hydrogens is 566 g/mol. The van der Waals surface area contributed by atoms with E-state index in [0.29, 0.717) is 35.5 Å². The van der Waals surface area contributed by atoms with Crippen LogP contribution in [-0.2, 0) is 9.53 Å². The summed E-state index contributed by atoms with van der Waals surface area (Å²) in [7, 11) is 0. The van der Waals surface area contributed by atoms with Crippen molar-refractivity contribution < 1.29 is 19.4 Å². The average Bonchev–Trinajstić information content (AvgIpc) is 2.88. The Morgan fingerprint density at radius 3 is 2.50 bits per heavy atom. The Labute approximate surface area is 236 Å². The van der Waals surface area contributed by atoms with E-state index in [4.69, 9.17) is 10.5 Å². The number of allylic oxidation sites excluding steroid dienone is 1. The minimum atomic E-state index is -0.767. The molecule has 2 amide bonds. The lowest BCUT2D eigenvalue weighted by atomic mass is 9.78. The van der Waals surface area contributed by atoms with E-state index in [1.165, 1.54) is 6.08 Å². The number of thioether (sulfide) groups is 1. The first kappa shape index (κ1) is 29.1. The summed E-state index contributed by atoms with van der Waals surface area (Å²) >= 11 is 5.05. The van der Waals surface area contributed by atoms with Gasteiger partial charge in [0.05, 0.1) is 11.4 Å². The van der Waals surface area contributed by atoms with E-state index in [0.717, 1.165) is 9.37 Å². The lowest BCUT2D eigenvalue weighted by Crippen LogP contribution is -2.29. The lowest BCUT2D eigenvalue weighted by Gasteiger charge is -2.34. The van der Waals surface area contributed by atoms with Crippen LogP contribution >= 0.6 is 27.7 Å². The summed E-state index contributed by atoms with van der Waals surface area (Å²) < 4.78 is 6.66. The van der Waals surface area contributed by atoms with Crippen LogP contribution in [0.15, 0.2) is 88.3 Å². The smallest absolute Gasteiger partial charge is 0.412 e. The number of hydrogen-bond acceptors (Lipinski definition) is 6. The molecule has 0 aliphatic heterocycles. The molecule has 200 valence electrons. The zero-order valence-corrected chi connectivity index (χ0v) is 23.9. The van der Waals surface area contributed by atoms with Gasteiger partial charge in [0.25, 0.3) is 0 Å². The van der Waals surface area contributed by atoms with Crippen molar-refractivity contribution >= 4 is 56.8 Å². The molecular formula is C29H32BrN3O4S. The fraction of sp³-hybridized carbons (Fsp3) is 0.241. The van der Waals surface area contributed by atoms with Gasteiger partial charge in [-0.2, -0.15) is 0 Å². The summed E-state index contributed by atoms with van der Waals surface area (Å²) in [6, 6.07) is 19.5. The van der Waals surface area contributed by atoms with E-state index >= 15 is 0 Å². The van der Waals surface area contributed by atoms with Crippen molar-refractivity contribution in [2.75, 3.05) is 22.6 Å². The third-order valence-electron chi connectivity index (χ3n) is 5.99. The lowest BCUT2D eigenvalue weighted by molar-refractivity contribution is -0.111. The second-order valence-electron chi connectivity index (χ2n) is 9.35. The summed E-state index contributed by atoms with van der Waals surface area (Å²) in [5, 5.41) is 16.2. The molecule has 0 unspecified atom stereocenters. The van der Waals surface area contributed by atoms with Crippen LogP contribution in [0.5, 0.6) is 5.75 Å². The number of ether oxygens (including phenoxy) is 1. The summed E-state index contributed by atoms with van der Waals surface area (Å²) in [6.45, 7) is 3.91. The van der Waals surface area contributed by atoms with E-state index in [1.54, 1.807) is 60.3 Å². The molecule has 1 atom stereocenters. The number of halogens is 1. The second-order valence-corrected chi connectivity index (χ2v) is 11.1. The molecule has 5 N–H and O–H groups in total. The maximum Gasteiger partial charge on any atom is 0.412 e. The van der Waals surface area contributed by atoms with Crippen molar-refractivity contribution in [2.24, 2.45) is 5.41 Å². The molecule has 0 saturated carbocycles. The predicted octanol–water partition coefficient (Wildman–Crippen LogP) is 7.75. The van der Waals surface area contributed by atoms with Crippen molar-refractivity contribution in [3.8, 4) is 5.75 Å². The third-order valence-corrected chi connectivity index (χ3v) is 7.22. The molecule has 0 radical (unpaired) electrons. The number of carbonyl (C=O) groups is 2. The Bertz CT molecular complexity index is 1300. The van der Waals surface area contributed by atoms with Gasteiger partial charge in [0.1, 0.15) is 11.9 Å². The number of anilines is 3. The molecule has 38 heavy (non-hydrogen) atoms. The number of phenolic OH excluding ortho intramolecular Hbond substituents is 1. The van der Waals surface area contributed by atoms with Gasteiger partial charge < -0.3 is 20.9 Å². The number of nitrogen functional groups attached to an aromatic ring is 1. The Kier molecular flexibility index (Phi) is 10.3. The molecule has 0 heterocycles. The molecule has 0 saturated heterocycles. The number of rotatable bonds is 10. The minimum Gasteiger partial charge on any atom is -0.508 e. The van der Waals surface area contributed by atoms with Crippen LogP contribution < -0.4 is 16.4 Å². The highest BCUT2D eigenvalue weighted by Crippen LogP contribution is 2.44. The van der Waals surface area contributed by atoms with Crippen LogP contribution in [0.4, 0.5) is 21.9 Å². The zero-order chi connectivity index (χ0) is 27.7. The fourth-order valence-corrected chi connectivity index (χ4v) is 4.66. The van der Waals surface area contributed by atoms with Crippen LogP contribution in [0.3, 0.4) is 0 Å². The van der Waals surface area contributed by atoms with Gasteiger partial charge in [-0.25, -0.2) is 4.79 Å². The monoisotopic (exact) mass is 597 g/mol. The largest absolute Gasteiger partial charge is 0.508 e. The number of aromatic hydroxyl groups is 1. The van der Waals surface area contributed by atoms with E-state index in [2.05, 4.69) is 26.6 Å². The first-order valence-electron chi connectivity index (χ1n) is 12.0. The van der Waals surface area contributed by atoms with Crippen molar-refractivity contribution in [1.82, 2.24) is 0 Å². The maximum absolute atomic E-state index is 12.9. The Hall–Kier alpha value is -3.43. The standard InChI is InChI=1S/C29H32BrN3O4S/c1-29(2,17-7-6-10-26(35)33-24-9-5-4-8-23(24)31)27(22-18-19(30)11-16-25(22)34)37-28(36)32-20-12-14-21(38-3)15-13-20/h4-6,8-16,18,27,34H,7,17,31H2,1-3H3,(H,32,36)(H,33,35)/b10-6+/t27-/m0/s1. The molecule has 3 aromatic rings. The van der Waals surface area contributed by atoms with Crippen LogP contribution in [0.2, 0.25) is 0 Å². The van der Waals surface area contributed by atoms with E-state index in [1.807, 2.05) is 44.4 Å². The van der Waals surface area contributed by atoms with Gasteiger partial charge in [-0.3, -0.25) is 10.1 Å². The average molecular weight is 599 g/mol. The summed E-state index contributed by atoms with van der Waals surface area (Å²) in [6.07, 6.45) is 4.91. The summed E-state index contributed by atoms with van der Waals surface area (Å²) in [4.78, 5) is 26.3. The van der Waals surface area contributed by atoms with Crippen molar-refractivity contribution in [3.63, 3.8) is 0 Å². The van der Waals surface area contributed by atoms with Gasteiger partial charge >= 0.3 is 6.09 Å². The van der Waals surface area contributed by atoms with Gasteiger partial charge in [0.2, 0.25) is 5.91 Å². The van der Waals surface area contributed by atoms with Gasteiger partial charge in [0, 0.05) is 26.0 Å². The normalized spacial score (nSPS) is 12.2. The molecule has 0 aromatic heterocycles. The molecule has 3 rings (SSSR count). The van der Waals surface area contributed by atoms with Crippen LogP contribution in [0.1, 0.15) is 38.4 Å². The number of phenols is 1.